The maximum Gasteiger partial charge on any atom is 0.273 e. The Morgan fingerprint density at radius 2 is 2.39 bits per heavy atom. The molecule has 1 aromatic rings. The van der Waals surface area contributed by atoms with Gasteiger partial charge in [0.05, 0.1) is 6.20 Å². The molecule has 0 saturated carbocycles. The molecule has 0 bridgehead atoms. The molecule has 2 N–H and O–H groups in total. The van der Waals surface area contributed by atoms with Crippen LogP contribution in [0.15, 0.2) is 6.20 Å². The van der Waals surface area contributed by atoms with E-state index in [0.717, 1.165) is 19.5 Å². The molecule has 2 heterocycles. The van der Waals surface area contributed by atoms with E-state index in [0.29, 0.717) is 18.2 Å². The third-order valence-corrected chi connectivity index (χ3v) is 3.43. The highest BCUT2D eigenvalue weighted by atomic mass is 16.1. The molecular weight excluding hydrogens is 230 g/mol. The second kappa shape index (κ2) is 5.06. The molecule has 6 heteroatoms. The Bertz CT molecular complexity index is 395. The van der Waals surface area contributed by atoms with Gasteiger partial charge in [-0.25, -0.2) is 0 Å². The van der Waals surface area contributed by atoms with E-state index in [4.69, 9.17) is 0 Å². The molecule has 0 unspecified atom stereocenters. The Morgan fingerprint density at radius 1 is 1.61 bits per heavy atom. The topological polar surface area (TPSA) is 73.9 Å². The van der Waals surface area contributed by atoms with Crippen LogP contribution in [0.2, 0.25) is 0 Å². The van der Waals surface area contributed by atoms with Crippen LogP contribution in [0.3, 0.4) is 0 Å². The van der Waals surface area contributed by atoms with Gasteiger partial charge in [0.15, 0.2) is 5.69 Å². The zero-order chi connectivity index (χ0) is 13.2. The Balaban J connectivity index is 1.77. The molecule has 2 rings (SSSR count). The Morgan fingerprint density at radius 3 is 2.94 bits per heavy atom. The van der Waals surface area contributed by atoms with E-state index in [1.165, 1.54) is 6.20 Å². The van der Waals surface area contributed by atoms with Crippen molar-refractivity contribution in [1.82, 2.24) is 25.6 Å². The first-order valence-corrected chi connectivity index (χ1v) is 6.36. The van der Waals surface area contributed by atoms with E-state index in [1.807, 2.05) is 0 Å². The minimum absolute atomic E-state index is 0.155. The molecule has 0 aromatic carbocycles. The minimum atomic E-state index is -0.155. The number of likely N-dealkylation sites (tertiary alicyclic amines) is 1. The van der Waals surface area contributed by atoms with Crippen LogP contribution >= 0.6 is 0 Å². The Labute approximate surface area is 107 Å². The first-order valence-electron chi connectivity index (χ1n) is 6.36. The second-order valence-corrected chi connectivity index (χ2v) is 5.84. The Hall–Kier alpha value is -1.43. The molecule has 1 aliphatic heterocycles. The summed E-state index contributed by atoms with van der Waals surface area (Å²) in [7, 11) is 0. The van der Waals surface area contributed by atoms with E-state index in [-0.39, 0.29) is 11.4 Å². The van der Waals surface area contributed by atoms with Crippen molar-refractivity contribution in [3.63, 3.8) is 0 Å². The van der Waals surface area contributed by atoms with Crippen molar-refractivity contribution in [2.24, 2.45) is 5.92 Å². The highest BCUT2D eigenvalue weighted by Gasteiger charge is 2.30. The molecule has 0 aliphatic carbocycles. The zero-order valence-electron chi connectivity index (χ0n) is 11.2. The SMILES string of the molecule is CC(C)(C)N1CC[C@@H](CNC(=O)c2cn[nH]n2)C1. The maximum absolute atomic E-state index is 11.7. The summed E-state index contributed by atoms with van der Waals surface area (Å²) in [5.74, 6) is 0.373. The fourth-order valence-corrected chi connectivity index (χ4v) is 2.25. The number of amides is 1. The van der Waals surface area contributed by atoms with E-state index < -0.39 is 0 Å². The normalized spacial score (nSPS) is 21.2. The number of aromatic nitrogens is 3. The van der Waals surface area contributed by atoms with Gasteiger partial charge in [-0.1, -0.05) is 0 Å². The molecule has 0 spiro atoms. The fourth-order valence-electron chi connectivity index (χ4n) is 2.25. The van der Waals surface area contributed by atoms with Gasteiger partial charge in [0.1, 0.15) is 0 Å². The average molecular weight is 251 g/mol. The summed E-state index contributed by atoms with van der Waals surface area (Å²) in [4.78, 5) is 14.2. The number of carbonyl (C=O) groups is 1. The van der Waals surface area contributed by atoms with Crippen LogP contribution in [0.4, 0.5) is 0 Å². The van der Waals surface area contributed by atoms with Gasteiger partial charge in [0.2, 0.25) is 0 Å². The summed E-state index contributed by atoms with van der Waals surface area (Å²) in [6, 6.07) is 0. The van der Waals surface area contributed by atoms with Gasteiger partial charge in [0, 0.05) is 18.6 Å². The number of nitrogens with one attached hydrogen (secondary N) is 2. The molecule has 100 valence electrons. The lowest BCUT2D eigenvalue weighted by molar-refractivity contribution is 0.0941. The van der Waals surface area contributed by atoms with Crippen LogP contribution < -0.4 is 5.32 Å². The predicted octanol–water partition coefficient (Wildman–Crippen LogP) is 0.655. The van der Waals surface area contributed by atoms with Crippen LogP contribution in [-0.4, -0.2) is 51.4 Å². The molecule has 1 atom stereocenters. The van der Waals surface area contributed by atoms with Crippen LogP contribution in [0.1, 0.15) is 37.7 Å². The Kier molecular flexibility index (Phi) is 3.65. The smallest absolute Gasteiger partial charge is 0.273 e. The van der Waals surface area contributed by atoms with Crippen LogP contribution in [0.5, 0.6) is 0 Å². The minimum Gasteiger partial charge on any atom is -0.350 e. The predicted molar refractivity (Wildman–Crippen MR) is 68.1 cm³/mol. The molecular formula is C12H21N5O. The monoisotopic (exact) mass is 251 g/mol. The van der Waals surface area contributed by atoms with Crippen molar-refractivity contribution >= 4 is 5.91 Å². The number of hydrogen-bond donors (Lipinski definition) is 2. The van der Waals surface area contributed by atoms with Crippen LogP contribution in [0, 0.1) is 5.92 Å². The summed E-state index contributed by atoms with van der Waals surface area (Å²) < 4.78 is 0. The van der Waals surface area contributed by atoms with Crippen LogP contribution in [-0.2, 0) is 0 Å². The largest absolute Gasteiger partial charge is 0.350 e. The van der Waals surface area contributed by atoms with Gasteiger partial charge in [-0.3, -0.25) is 9.69 Å². The standard InChI is InChI=1S/C12H21N5O/c1-12(2,3)17-5-4-9(8-17)6-13-11(18)10-7-14-16-15-10/h7,9H,4-6,8H2,1-3H3,(H,13,18)(H,14,15,16)/t9-/m0/s1. The van der Waals surface area contributed by atoms with Crippen LogP contribution in [0.25, 0.3) is 0 Å². The van der Waals surface area contributed by atoms with Gasteiger partial charge in [-0.15, -0.1) is 0 Å². The van der Waals surface area contributed by atoms with Crippen molar-refractivity contribution < 1.29 is 4.79 Å². The molecule has 1 fully saturated rings. The van der Waals surface area contributed by atoms with Crippen molar-refractivity contribution in [3.05, 3.63) is 11.9 Å². The molecule has 1 aliphatic rings. The van der Waals surface area contributed by atoms with E-state index >= 15 is 0 Å². The number of H-pyrrole nitrogens is 1. The van der Waals surface area contributed by atoms with E-state index in [1.54, 1.807) is 0 Å². The van der Waals surface area contributed by atoms with Crippen molar-refractivity contribution in [2.75, 3.05) is 19.6 Å². The third kappa shape index (κ3) is 3.07. The fraction of sp³-hybridized carbons (Fsp3) is 0.750. The van der Waals surface area contributed by atoms with Gasteiger partial charge in [-0.05, 0) is 39.7 Å². The number of nitrogens with zero attached hydrogens (tertiary/aromatic N) is 3. The summed E-state index contributed by atoms with van der Waals surface area (Å²) in [5, 5.41) is 12.7. The first-order chi connectivity index (χ1) is 8.47. The average Bonchev–Trinajstić information content (AvgIpc) is 2.96. The van der Waals surface area contributed by atoms with Crippen molar-refractivity contribution in [1.29, 1.82) is 0 Å². The molecule has 0 radical (unpaired) electrons. The van der Waals surface area contributed by atoms with Gasteiger partial charge in [-0.2, -0.15) is 15.4 Å². The lowest BCUT2D eigenvalue weighted by atomic mass is 10.1. The molecule has 1 saturated heterocycles. The maximum atomic E-state index is 11.7. The summed E-state index contributed by atoms with van der Waals surface area (Å²) in [5.41, 5.74) is 0.561. The summed E-state index contributed by atoms with van der Waals surface area (Å²) in [6.45, 7) is 9.53. The lowest BCUT2D eigenvalue weighted by Crippen LogP contribution is -2.40. The first kappa shape index (κ1) is 13.0. The number of rotatable bonds is 3. The molecule has 6 nitrogen and oxygen atoms in total. The lowest BCUT2D eigenvalue weighted by Gasteiger charge is -2.31. The zero-order valence-corrected chi connectivity index (χ0v) is 11.2. The molecule has 1 aromatic heterocycles. The molecule has 1 amide bonds. The van der Waals surface area contributed by atoms with Gasteiger partial charge < -0.3 is 5.32 Å². The summed E-state index contributed by atoms with van der Waals surface area (Å²) >= 11 is 0. The number of hydrogen-bond acceptors (Lipinski definition) is 4. The highest BCUT2D eigenvalue weighted by Crippen LogP contribution is 2.23. The van der Waals surface area contributed by atoms with Gasteiger partial charge >= 0.3 is 0 Å². The summed E-state index contributed by atoms with van der Waals surface area (Å²) in [6.07, 6.45) is 2.57. The number of aromatic amines is 1. The number of carbonyl (C=O) groups excluding carboxylic acids is 1. The van der Waals surface area contributed by atoms with Crippen molar-refractivity contribution in [3.8, 4) is 0 Å². The van der Waals surface area contributed by atoms with Crippen molar-refractivity contribution in [2.45, 2.75) is 32.7 Å². The quantitative estimate of drug-likeness (QED) is 0.827. The van der Waals surface area contributed by atoms with Gasteiger partial charge in [0.25, 0.3) is 5.91 Å². The second-order valence-electron chi connectivity index (χ2n) is 5.84. The molecule has 18 heavy (non-hydrogen) atoms. The van der Waals surface area contributed by atoms with E-state index in [2.05, 4.69) is 46.4 Å². The highest BCUT2D eigenvalue weighted by molar-refractivity contribution is 5.91. The third-order valence-electron chi connectivity index (χ3n) is 3.43. The van der Waals surface area contributed by atoms with E-state index in [9.17, 15) is 4.79 Å².